The van der Waals surface area contributed by atoms with Gasteiger partial charge in [0.1, 0.15) is 5.25 Å². The smallest absolute Gasteiger partial charge is 0.277 e. The highest BCUT2D eigenvalue weighted by Gasteiger charge is 2.41. The van der Waals surface area contributed by atoms with Gasteiger partial charge in [-0.15, -0.1) is 10.2 Å². The zero-order chi connectivity index (χ0) is 23.0. The van der Waals surface area contributed by atoms with Crippen LogP contribution in [0.25, 0.3) is 11.5 Å². The first kappa shape index (κ1) is 21.6. The molecule has 0 spiro atoms. The number of thioether (sulfide) groups is 1. The van der Waals surface area contributed by atoms with E-state index in [2.05, 4.69) is 26.1 Å². The monoisotopic (exact) mass is 519 g/mol. The summed E-state index contributed by atoms with van der Waals surface area (Å²) >= 11 is 4.16. The topological polar surface area (TPSA) is 163 Å². The van der Waals surface area contributed by atoms with Crippen LogP contribution in [0.2, 0.25) is 0 Å². The molecule has 1 unspecified atom stereocenters. The molecule has 1 aromatic heterocycles. The number of nitro groups is 2. The average molecular weight is 520 g/mol. The van der Waals surface area contributed by atoms with Crippen LogP contribution in [0.4, 0.5) is 17.1 Å². The highest BCUT2D eigenvalue weighted by molar-refractivity contribution is 9.10. The minimum Gasteiger partial charge on any atom is -0.411 e. The fraction of sp³-hybridized carbons (Fsp3) is 0.111. The van der Waals surface area contributed by atoms with Crippen molar-refractivity contribution >= 4 is 56.6 Å². The normalized spacial score (nSPS) is 15.9. The van der Waals surface area contributed by atoms with Crippen molar-refractivity contribution in [2.24, 2.45) is 0 Å². The summed E-state index contributed by atoms with van der Waals surface area (Å²) < 4.78 is 6.25. The van der Waals surface area contributed by atoms with E-state index in [0.29, 0.717) is 5.69 Å². The number of benzene rings is 2. The Hall–Kier alpha value is -3.65. The summed E-state index contributed by atoms with van der Waals surface area (Å²) in [4.78, 5) is 46.8. The summed E-state index contributed by atoms with van der Waals surface area (Å²) in [5.74, 6) is -1.03. The third-order valence-corrected chi connectivity index (χ3v) is 5.96. The SMILES string of the molecule is O=C1CC(Sc2nnc(-c3cc([N+](=O)[O-])cc([N+](=O)[O-])c3)o2)C(=O)N1c1ccc(Br)cc1. The van der Waals surface area contributed by atoms with Crippen molar-refractivity contribution < 1.29 is 23.9 Å². The lowest BCUT2D eigenvalue weighted by Crippen LogP contribution is -2.31. The predicted octanol–water partition coefficient (Wildman–Crippen LogP) is 3.74. The van der Waals surface area contributed by atoms with E-state index in [4.69, 9.17) is 4.42 Å². The fourth-order valence-corrected chi connectivity index (χ4v) is 4.14. The van der Waals surface area contributed by atoms with Crippen LogP contribution in [0.15, 0.2) is 56.6 Å². The van der Waals surface area contributed by atoms with Crippen molar-refractivity contribution in [1.82, 2.24) is 10.2 Å². The summed E-state index contributed by atoms with van der Waals surface area (Å²) in [5, 5.41) is 28.8. The van der Waals surface area contributed by atoms with E-state index < -0.39 is 32.4 Å². The summed E-state index contributed by atoms with van der Waals surface area (Å²) in [5.41, 5.74) is -0.608. The number of aromatic nitrogens is 2. The van der Waals surface area contributed by atoms with Crippen molar-refractivity contribution in [3.63, 3.8) is 0 Å². The van der Waals surface area contributed by atoms with E-state index in [1.165, 1.54) is 0 Å². The zero-order valence-electron chi connectivity index (χ0n) is 15.7. The van der Waals surface area contributed by atoms with Crippen LogP contribution in [-0.4, -0.2) is 37.1 Å². The molecule has 1 aliphatic rings. The molecule has 3 aromatic rings. The summed E-state index contributed by atoms with van der Waals surface area (Å²) in [6.45, 7) is 0. The van der Waals surface area contributed by atoms with Crippen molar-refractivity contribution in [1.29, 1.82) is 0 Å². The summed E-state index contributed by atoms with van der Waals surface area (Å²) in [6.07, 6.45) is -0.0838. The molecule has 162 valence electrons. The lowest BCUT2D eigenvalue weighted by Gasteiger charge is -2.14. The molecule has 1 saturated heterocycles. The van der Waals surface area contributed by atoms with Crippen LogP contribution < -0.4 is 4.90 Å². The molecule has 0 N–H and O–H groups in total. The molecule has 0 bridgehead atoms. The number of nitro benzene ring substituents is 2. The molecule has 14 heteroatoms. The second kappa shape index (κ2) is 8.47. The number of hydrogen-bond acceptors (Lipinski definition) is 10. The third kappa shape index (κ3) is 4.22. The number of carbonyl (C=O) groups excluding carboxylic acids is 2. The second-order valence-electron chi connectivity index (χ2n) is 6.48. The van der Waals surface area contributed by atoms with Crippen molar-refractivity contribution in [3.05, 3.63) is 67.2 Å². The highest BCUT2D eigenvalue weighted by atomic mass is 79.9. The van der Waals surface area contributed by atoms with E-state index in [0.717, 1.165) is 39.3 Å². The third-order valence-electron chi connectivity index (χ3n) is 4.41. The Morgan fingerprint density at radius 1 is 1.03 bits per heavy atom. The minimum atomic E-state index is -0.807. The maximum atomic E-state index is 12.8. The predicted molar refractivity (Wildman–Crippen MR) is 114 cm³/mol. The van der Waals surface area contributed by atoms with E-state index in [1.54, 1.807) is 24.3 Å². The first-order valence-corrected chi connectivity index (χ1v) is 10.5. The number of hydrogen-bond donors (Lipinski definition) is 0. The van der Waals surface area contributed by atoms with Crippen molar-refractivity contribution in [2.45, 2.75) is 16.9 Å². The van der Waals surface area contributed by atoms with Gasteiger partial charge in [-0.2, -0.15) is 0 Å². The first-order valence-electron chi connectivity index (χ1n) is 8.79. The number of rotatable bonds is 6. The van der Waals surface area contributed by atoms with Gasteiger partial charge >= 0.3 is 0 Å². The van der Waals surface area contributed by atoms with Gasteiger partial charge in [0.15, 0.2) is 0 Å². The number of anilines is 1. The molecule has 1 fully saturated rings. The van der Waals surface area contributed by atoms with Crippen LogP contribution in [-0.2, 0) is 9.59 Å². The van der Waals surface area contributed by atoms with E-state index in [1.807, 2.05) is 0 Å². The quantitative estimate of drug-likeness (QED) is 0.266. The Kier molecular flexibility index (Phi) is 5.71. The number of nitrogens with zero attached hydrogens (tertiary/aromatic N) is 5. The molecule has 0 aliphatic carbocycles. The highest BCUT2D eigenvalue weighted by Crippen LogP contribution is 2.36. The van der Waals surface area contributed by atoms with Gasteiger partial charge in [-0.25, -0.2) is 4.90 Å². The summed E-state index contributed by atoms with van der Waals surface area (Å²) in [6, 6.07) is 9.62. The van der Waals surface area contributed by atoms with Gasteiger partial charge in [-0.3, -0.25) is 29.8 Å². The average Bonchev–Trinajstić information content (AvgIpc) is 3.33. The van der Waals surface area contributed by atoms with Gasteiger partial charge < -0.3 is 4.42 Å². The van der Waals surface area contributed by atoms with Gasteiger partial charge in [-0.1, -0.05) is 27.7 Å². The van der Waals surface area contributed by atoms with Crippen LogP contribution in [0.3, 0.4) is 0 Å². The molecule has 2 amide bonds. The second-order valence-corrected chi connectivity index (χ2v) is 8.55. The standard InChI is InChI=1S/C18H10BrN5O7S/c19-10-1-3-11(4-2-10)22-15(25)8-14(17(22)26)32-18-21-20-16(31-18)9-5-12(23(27)28)7-13(6-9)24(29)30/h1-7,14H,8H2. The Labute approximate surface area is 191 Å². The Morgan fingerprint density at radius 2 is 1.66 bits per heavy atom. The number of carbonyl (C=O) groups is 2. The van der Waals surface area contributed by atoms with Crippen LogP contribution in [0.5, 0.6) is 0 Å². The lowest BCUT2D eigenvalue weighted by atomic mass is 10.2. The molecular formula is C18H10BrN5O7S. The molecule has 0 radical (unpaired) electrons. The first-order chi connectivity index (χ1) is 15.2. The minimum absolute atomic E-state index is 0.0180. The van der Waals surface area contributed by atoms with Crippen LogP contribution in [0.1, 0.15) is 6.42 Å². The molecular weight excluding hydrogens is 510 g/mol. The lowest BCUT2D eigenvalue weighted by molar-refractivity contribution is -0.394. The molecule has 0 saturated carbocycles. The van der Waals surface area contributed by atoms with Crippen molar-refractivity contribution in [3.8, 4) is 11.5 Å². The number of halogens is 1. The molecule has 12 nitrogen and oxygen atoms in total. The molecule has 32 heavy (non-hydrogen) atoms. The maximum absolute atomic E-state index is 12.8. The molecule has 4 rings (SSSR count). The molecule has 1 atom stereocenters. The fourth-order valence-electron chi connectivity index (χ4n) is 2.98. The van der Waals surface area contributed by atoms with E-state index in [9.17, 15) is 29.8 Å². The van der Waals surface area contributed by atoms with E-state index in [-0.39, 0.29) is 29.0 Å². The molecule has 1 aliphatic heterocycles. The van der Waals surface area contributed by atoms with Gasteiger partial charge in [0.2, 0.25) is 17.7 Å². The largest absolute Gasteiger partial charge is 0.411 e. The van der Waals surface area contributed by atoms with Crippen molar-refractivity contribution in [2.75, 3.05) is 4.90 Å². The van der Waals surface area contributed by atoms with E-state index >= 15 is 0 Å². The van der Waals surface area contributed by atoms with Gasteiger partial charge in [0.25, 0.3) is 16.6 Å². The zero-order valence-corrected chi connectivity index (χ0v) is 18.1. The van der Waals surface area contributed by atoms with Gasteiger partial charge in [0.05, 0.1) is 27.2 Å². The Morgan fingerprint density at radius 3 is 2.25 bits per heavy atom. The van der Waals surface area contributed by atoms with Crippen LogP contribution in [0, 0.1) is 20.2 Å². The maximum Gasteiger partial charge on any atom is 0.277 e. The number of non-ortho nitro benzene ring substituents is 2. The van der Waals surface area contributed by atoms with Gasteiger partial charge in [-0.05, 0) is 24.3 Å². The van der Waals surface area contributed by atoms with Gasteiger partial charge in [0, 0.05) is 23.0 Å². The molecule has 2 aromatic carbocycles. The number of amides is 2. The molecule has 2 heterocycles. The summed E-state index contributed by atoms with van der Waals surface area (Å²) in [7, 11) is 0. The Bertz CT molecular complexity index is 1230. The Balaban J connectivity index is 1.56. The number of imide groups is 1. The van der Waals surface area contributed by atoms with Crippen LogP contribution >= 0.6 is 27.7 Å².